The lowest BCUT2D eigenvalue weighted by molar-refractivity contribution is 0.0383. The van der Waals surface area contributed by atoms with Gasteiger partial charge in [-0.1, -0.05) is 18.2 Å². The first-order valence-electron chi connectivity index (χ1n) is 11.5. The zero-order valence-corrected chi connectivity index (χ0v) is 19.2. The van der Waals surface area contributed by atoms with Crippen LogP contribution in [0.3, 0.4) is 0 Å². The highest BCUT2D eigenvalue weighted by Gasteiger charge is 2.18. The molecule has 0 atom stereocenters. The summed E-state index contributed by atoms with van der Waals surface area (Å²) in [6, 6.07) is 21.6. The predicted molar refractivity (Wildman–Crippen MR) is 132 cm³/mol. The predicted octanol–water partition coefficient (Wildman–Crippen LogP) is 3.57. The third-order valence-corrected chi connectivity index (χ3v) is 5.89. The van der Waals surface area contributed by atoms with Crippen molar-refractivity contribution in [2.24, 2.45) is 0 Å². The zero-order chi connectivity index (χ0) is 23.3. The van der Waals surface area contributed by atoms with Crippen LogP contribution in [0, 0.1) is 6.92 Å². The fourth-order valence-electron chi connectivity index (χ4n) is 4.08. The third-order valence-electron chi connectivity index (χ3n) is 5.89. The van der Waals surface area contributed by atoms with Gasteiger partial charge in [-0.3, -0.25) is 14.6 Å². The lowest BCUT2D eigenvalue weighted by Crippen LogP contribution is -2.41. The van der Waals surface area contributed by atoms with E-state index in [1.807, 2.05) is 65.7 Å². The van der Waals surface area contributed by atoms with Crippen molar-refractivity contribution in [3.8, 4) is 0 Å². The Morgan fingerprint density at radius 3 is 2.62 bits per heavy atom. The zero-order valence-electron chi connectivity index (χ0n) is 19.2. The van der Waals surface area contributed by atoms with Gasteiger partial charge in [0.05, 0.1) is 13.2 Å². The molecule has 1 N–H and O–H groups in total. The van der Waals surface area contributed by atoms with Gasteiger partial charge >= 0.3 is 0 Å². The Hall–Kier alpha value is -3.75. The van der Waals surface area contributed by atoms with E-state index in [1.165, 1.54) is 0 Å². The van der Waals surface area contributed by atoms with Crippen molar-refractivity contribution in [2.75, 3.05) is 44.3 Å². The minimum atomic E-state index is -0.0761. The molecule has 1 aliphatic rings. The summed E-state index contributed by atoms with van der Waals surface area (Å²) in [7, 11) is 0. The number of anilines is 3. The summed E-state index contributed by atoms with van der Waals surface area (Å²) in [4.78, 5) is 21.7. The Labute approximate surface area is 198 Å². The number of aromatic nitrogens is 3. The standard InChI is InChI=1S/C26H28N6O2/c1-20-5-4-6-23(19-20)32(26-28-24-7-2-3-13-31(24)29-26)22-10-8-21(9-11-22)25(33)27-12-14-30-15-17-34-18-16-30/h2-11,13,19H,12,14-18H2,1H3,(H,27,33). The van der Waals surface area contributed by atoms with Gasteiger partial charge in [0.15, 0.2) is 5.65 Å². The van der Waals surface area contributed by atoms with Gasteiger partial charge in [0.2, 0.25) is 0 Å². The van der Waals surface area contributed by atoms with Crippen molar-refractivity contribution in [2.45, 2.75) is 6.92 Å². The molecule has 1 amide bonds. The van der Waals surface area contributed by atoms with Crippen molar-refractivity contribution < 1.29 is 9.53 Å². The molecule has 0 saturated carbocycles. The van der Waals surface area contributed by atoms with E-state index in [-0.39, 0.29) is 5.91 Å². The number of aryl methyl sites for hydroxylation is 1. The molecular formula is C26H28N6O2. The average Bonchev–Trinajstić information content (AvgIpc) is 3.29. The first-order chi connectivity index (χ1) is 16.7. The molecular weight excluding hydrogens is 428 g/mol. The highest BCUT2D eigenvalue weighted by atomic mass is 16.5. The Kier molecular flexibility index (Phi) is 6.51. The second-order valence-corrected chi connectivity index (χ2v) is 8.35. The minimum Gasteiger partial charge on any atom is -0.379 e. The molecule has 2 aromatic carbocycles. The fourth-order valence-corrected chi connectivity index (χ4v) is 4.08. The van der Waals surface area contributed by atoms with E-state index in [2.05, 4.69) is 34.4 Å². The van der Waals surface area contributed by atoms with E-state index in [0.717, 1.165) is 55.4 Å². The van der Waals surface area contributed by atoms with Crippen LogP contribution >= 0.6 is 0 Å². The minimum absolute atomic E-state index is 0.0761. The fraction of sp³-hybridized carbons (Fsp3) is 0.269. The molecule has 2 aromatic heterocycles. The second kappa shape index (κ2) is 10.0. The lowest BCUT2D eigenvalue weighted by atomic mass is 10.1. The van der Waals surface area contributed by atoms with Crippen LogP contribution in [-0.2, 0) is 4.74 Å². The van der Waals surface area contributed by atoms with Crippen molar-refractivity contribution in [3.05, 3.63) is 84.1 Å². The number of nitrogens with one attached hydrogen (secondary N) is 1. The van der Waals surface area contributed by atoms with E-state index >= 15 is 0 Å². The van der Waals surface area contributed by atoms with Gasteiger partial charge in [0.25, 0.3) is 11.9 Å². The monoisotopic (exact) mass is 456 g/mol. The molecule has 174 valence electrons. The number of pyridine rings is 1. The van der Waals surface area contributed by atoms with Crippen LogP contribution in [0.15, 0.2) is 72.9 Å². The first-order valence-corrected chi connectivity index (χ1v) is 11.5. The number of carbonyl (C=O) groups excluding carboxylic acids is 1. The van der Waals surface area contributed by atoms with E-state index < -0.39 is 0 Å². The van der Waals surface area contributed by atoms with Gasteiger partial charge in [0, 0.05) is 49.3 Å². The Balaban J connectivity index is 1.36. The first kappa shape index (κ1) is 22.1. The van der Waals surface area contributed by atoms with Crippen LogP contribution in [0.1, 0.15) is 15.9 Å². The van der Waals surface area contributed by atoms with Crippen LogP contribution in [0.4, 0.5) is 17.3 Å². The smallest absolute Gasteiger partial charge is 0.254 e. The number of nitrogens with zero attached hydrogens (tertiary/aromatic N) is 5. The van der Waals surface area contributed by atoms with Gasteiger partial charge in [-0.05, 0) is 61.0 Å². The van der Waals surface area contributed by atoms with Crippen LogP contribution in [0.2, 0.25) is 0 Å². The summed E-state index contributed by atoms with van der Waals surface area (Å²) in [6.45, 7) is 6.84. The number of benzene rings is 2. The Bertz CT molecular complexity index is 1230. The maximum absolute atomic E-state index is 12.7. The third kappa shape index (κ3) is 4.93. The van der Waals surface area contributed by atoms with E-state index in [0.29, 0.717) is 18.1 Å². The largest absolute Gasteiger partial charge is 0.379 e. The van der Waals surface area contributed by atoms with Gasteiger partial charge in [-0.15, -0.1) is 5.10 Å². The number of hydrogen-bond acceptors (Lipinski definition) is 6. The molecule has 1 saturated heterocycles. The summed E-state index contributed by atoms with van der Waals surface area (Å²) in [5, 5.41) is 7.70. The number of amides is 1. The Morgan fingerprint density at radius 1 is 1.03 bits per heavy atom. The summed E-state index contributed by atoms with van der Waals surface area (Å²) in [6.07, 6.45) is 1.88. The molecule has 0 bridgehead atoms. The molecule has 5 rings (SSSR count). The van der Waals surface area contributed by atoms with E-state index in [9.17, 15) is 4.79 Å². The molecule has 8 heteroatoms. The summed E-state index contributed by atoms with van der Waals surface area (Å²) in [5.74, 6) is 0.493. The van der Waals surface area contributed by atoms with E-state index in [1.54, 1.807) is 4.52 Å². The number of morpholine rings is 1. The number of carbonyl (C=O) groups is 1. The quantitative estimate of drug-likeness (QED) is 0.458. The van der Waals surface area contributed by atoms with Crippen molar-refractivity contribution in [1.29, 1.82) is 0 Å². The average molecular weight is 457 g/mol. The normalized spacial score (nSPS) is 14.3. The van der Waals surface area contributed by atoms with Crippen LogP contribution in [0.25, 0.3) is 5.65 Å². The molecule has 4 aromatic rings. The summed E-state index contributed by atoms with van der Waals surface area (Å²) >= 11 is 0. The SMILES string of the molecule is Cc1cccc(N(c2ccc(C(=O)NCCN3CCOCC3)cc2)c2nc3ccccn3n2)c1. The number of fused-ring (bicyclic) bond motifs is 1. The maximum Gasteiger partial charge on any atom is 0.254 e. The second-order valence-electron chi connectivity index (χ2n) is 8.35. The molecule has 0 spiro atoms. The summed E-state index contributed by atoms with van der Waals surface area (Å²) < 4.78 is 7.13. The van der Waals surface area contributed by atoms with E-state index in [4.69, 9.17) is 9.72 Å². The van der Waals surface area contributed by atoms with Crippen LogP contribution < -0.4 is 10.2 Å². The van der Waals surface area contributed by atoms with Gasteiger partial charge in [0.1, 0.15) is 0 Å². The van der Waals surface area contributed by atoms with Crippen molar-refractivity contribution in [3.63, 3.8) is 0 Å². The molecule has 0 radical (unpaired) electrons. The van der Waals surface area contributed by atoms with Crippen molar-refractivity contribution in [1.82, 2.24) is 24.8 Å². The van der Waals surface area contributed by atoms with Gasteiger partial charge in [-0.2, -0.15) is 4.98 Å². The lowest BCUT2D eigenvalue weighted by Gasteiger charge is -2.26. The molecule has 34 heavy (non-hydrogen) atoms. The Morgan fingerprint density at radius 2 is 1.85 bits per heavy atom. The molecule has 0 unspecified atom stereocenters. The molecule has 3 heterocycles. The topological polar surface area (TPSA) is 75.0 Å². The highest BCUT2D eigenvalue weighted by Crippen LogP contribution is 2.33. The number of hydrogen-bond donors (Lipinski definition) is 1. The molecule has 1 fully saturated rings. The van der Waals surface area contributed by atoms with Gasteiger partial charge in [-0.25, -0.2) is 4.52 Å². The van der Waals surface area contributed by atoms with Crippen molar-refractivity contribution >= 4 is 28.9 Å². The molecule has 8 nitrogen and oxygen atoms in total. The summed E-state index contributed by atoms with van der Waals surface area (Å²) in [5.41, 5.74) is 4.37. The van der Waals surface area contributed by atoms with Crippen LogP contribution in [0.5, 0.6) is 0 Å². The molecule has 1 aliphatic heterocycles. The highest BCUT2D eigenvalue weighted by molar-refractivity contribution is 5.94. The molecule has 0 aliphatic carbocycles. The number of ether oxygens (including phenoxy) is 1. The maximum atomic E-state index is 12.7. The van der Waals surface area contributed by atoms with Crippen LogP contribution in [-0.4, -0.2) is 64.8 Å². The van der Waals surface area contributed by atoms with Gasteiger partial charge < -0.3 is 10.1 Å². The number of rotatable bonds is 7.